The van der Waals surface area contributed by atoms with Crippen molar-refractivity contribution >= 4 is 11.6 Å². The van der Waals surface area contributed by atoms with Crippen molar-refractivity contribution in [2.45, 2.75) is 6.92 Å². The quantitative estimate of drug-likeness (QED) is 0.770. The molecule has 0 spiro atoms. The summed E-state index contributed by atoms with van der Waals surface area (Å²) in [6.07, 6.45) is 0. The van der Waals surface area contributed by atoms with Gasteiger partial charge in [0.2, 0.25) is 5.91 Å². The van der Waals surface area contributed by atoms with E-state index in [0.717, 1.165) is 17.8 Å². The topological polar surface area (TPSA) is 23.6 Å². The third kappa shape index (κ3) is 3.35. The van der Waals surface area contributed by atoms with E-state index >= 15 is 0 Å². The zero-order chi connectivity index (χ0) is 12.1. The number of rotatable bonds is 4. The number of nitrogens with zero attached hydrogens (tertiary/aromatic N) is 2. The fraction of sp³-hybridized carbons (Fsp3) is 0.385. The first-order valence-corrected chi connectivity index (χ1v) is 5.36. The lowest BCUT2D eigenvalue weighted by atomic mass is 10.2. The van der Waals surface area contributed by atoms with Crippen LogP contribution in [0.1, 0.15) is 5.56 Å². The van der Waals surface area contributed by atoms with Gasteiger partial charge in [-0.1, -0.05) is 18.2 Å². The molecule has 87 valence electrons. The van der Waals surface area contributed by atoms with E-state index in [9.17, 15) is 4.79 Å². The van der Waals surface area contributed by atoms with Gasteiger partial charge >= 0.3 is 0 Å². The lowest BCUT2D eigenvalue weighted by Crippen LogP contribution is -2.35. The maximum absolute atomic E-state index is 11.5. The van der Waals surface area contributed by atoms with Gasteiger partial charge in [0, 0.05) is 25.7 Å². The highest BCUT2D eigenvalue weighted by molar-refractivity contribution is 5.96. The Morgan fingerprint density at radius 1 is 1.25 bits per heavy atom. The van der Waals surface area contributed by atoms with Gasteiger partial charge in [-0.3, -0.25) is 4.79 Å². The van der Waals surface area contributed by atoms with Gasteiger partial charge in [0.25, 0.3) is 0 Å². The van der Waals surface area contributed by atoms with Gasteiger partial charge in [-0.15, -0.1) is 0 Å². The second kappa shape index (κ2) is 5.66. The normalized spacial score (nSPS) is 10.6. The van der Waals surface area contributed by atoms with Crippen LogP contribution < -0.4 is 4.90 Å². The molecular weight excluding hydrogens is 200 g/mol. The molecule has 16 heavy (non-hydrogen) atoms. The summed E-state index contributed by atoms with van der Waals surface area (Å²) >= 11 is 0. The second-order valence-electron chi connectivity index (χ2n) is 4.14. The molecule has 0 atom stereocenters. The molecule has 1 amide bonds. The number of likely N-dealkylation sites (N-methyl/N-ethyl adjacent to an activating group) is 1. The molecule has 0 aliphatic carbocycles. The first-order chi connectivity index (χ1) is 7.52. The van der Waals surface area contributed by atoms with Crippen LogP contribution in [0.2, 0.25) is 0 Å². The van der Waals surface area contributed by atoms with Crippen molar-refractivity contribution in [1.82, 2.24) is 4.90 Å². The van der Waals surface area contributed by atoms with Crippen LogP contribution in [0, 0.1) is 13.8 Å². The Bertz CT molecular complexity index is 361. The van der Waals surface area contributed by atoms with E-state index in [1.54, 1.807) is 4.90 Å². The van der Waals surface area contributed by atoms with Crippen LogP contribution in [0.15, 0.2) is 24.3 Å². The van der Waals surface area contributed by atoms with Crippen molar-refractivity contribution in [2.24, 2.45) is 0 Å². The van der Waals surface area contributed by atoms with E-state index in [1.165, 1.54) is 0 Å². The minimum Gasteiger partial charge on any atom is -0.311 e. The molecule has 1 rings (SSSR count). The fourth-order valence-electron chi connectivity index (χ4n) is 1.55. The van der Waals surface area contributed by atoms with Gasteiger partial charge in [-0.05, 0) is 32.6 Å². The fourth-order valence-corrected chi connectivity index (χ4v) is 1.55. The first kappa shape index (κ1) is 12.7. The van der Waals surface area contributed by atoms with E-state index in [-0.39, 0.29) is 5.91 Å². The highest BCUT2D eigenvalue weighted by Gasteiger charge is 2.12. The lowest BCUT2D eigenvalue weighted by molar-refractivity contribution is -0.114. The smallest absolute Gasteiger partial charge is 0.227 e. The monoisotopic (exact) mass is 219 g/mol. The van der Waals surface area contributed by atoms with Crippen LogP contribution in [0.5, 0.6) is 0 Å². The molecule has 0 saturated heterocycles. The molecule has 1 aromatic rings. The summed E-state index contributed by atoms with van der Waals surface area (Å²) < 4.78 is 0. The minimum absolute atomic E-state index is 0.156. The van der Waals surface area contributed by atoms with Gasteiger partial charge in [0.05, 0.1) is 0 Å². The molecule has 0 unspecified atom stereocenters. The largest absolute Gasteiger partial charge is 0.311 e. The number of hydrogen-bond acceptors (Lipinski definition) is 2. The summed E-state index contributed by atoms with van der Waals surface area (Å²) in [7, 11) is 3.98. The van der Waals surface area contributed by atoms with E-state index < -0.39 is 0 Å². The lowest BCUT2D eigenvalue weighted by Gasteiger charge is -2.24. The molecule has 1 radical (unpaired) electrons. The number of benzene rings is 1. The van der Waals surface area contributed by atoms with E-state index in [0.29, 0.717) is 6.54 Å². The van der Waals surface area contributed by atoms with Crippen molar-refractivity contribution in [1.29, 1.82) is 0 Å². The summed E-state index contributed by atoms with van der Waals surface area (Å²) in [4.78, 5) is 15.3. The number of para-hydroxylation sites is 1. The molecule has 0 aliphatic heterocycles. The molecule has 0 fully saturated rings. The minimum atomic E-state index is -0.156. The van der Waals surface area contributed by atoms with E-state index in [2.05, 4.69) is 6.92 Å². The summed E-state index contributed by atoms with van der Waals surface area (Å²) in [5.74, 6) is -0.156. The number of hydrogen-bond donors (Lipinski definition) is 0. The second-order valence-corrected chi connectivity index (χ2v) is 4.14. The average molecular weight is 219 g/mol. The molecule has 0 bridgehead atoms. The van der Waals surface area contributed by atoms with Gasteiger partial charge in [-0.25, -0.2) is 0 Å². The Morgan fingerprint density at radius 2 is 1.88 bits per heavy atom. The van der Waals surface area contributed by atoms with Crippen molar-refractivity contribution in [3.05, 3.63) is 36.8 Å². The number of anilines is 1. The average Bonchev–Trinajstić information content (AvgIpc) is 2.20. The predicted octanol–water partition coefficient (Wildman–Crippen LogP) is 1.72. The van der Waals surface area contributed by atoms with Gasteiger partial charge < -0.3 is 9.80 Å². The molecule has 3 heteroatoms. The third-order valence-corrected chi connectivity index (χ3v) is 2.48. The van der Waals surface area contributed by atoms with Crippen molar-refractivity contribution < 1.29 is 4.79 Å². The predicted molar refractivity (Wildman–Crippen MR) is 67.4 cm³/mol. The van der Waals surface area contributed by atoms with Gasteiger partial charge in [0.15, 0.2) is 0 Å². The van der Waals surface area contributed by atoms with Crippen LogP contribution in [-0.4, -0.2) is 38.0 Å². The molecule has 1 aromatic carbocycles. The van der Waals surface area contributed by atoms with Crippen molar-refractivity contribution in [3.8, 4) is 0 Å². The molecular formula is C13H19N2O. The van der Waals surface area contributed by atoms with E-state index in [1.807, 2.05) is 50.2 Å². The summed E-state index contributed by atoms with van der Waals surface area (Å²) in [6, 6.07) is 7.86. The van der Waals surface area contributed by atoms with Crippen molar-refractivity contribution in [2.75, 3.05) is 32.1 Å². The Kier molecular flexibility index (Phi) is 4.50. The SMILES string of the molecule is [CH2]C(=O)N(CCN(C)C)c1ccccc1C. The van der Waals surface area contributed by atoms with Gasteiger partial charge in [0.1, 0.15) is 0 Å². The summed E-state index contributed by atoms with van der Waals surface area (Å²) in [5.41, 5.74) is 2.04. The molecule has 0 aromatic heterocycles. The number of carbonyl (C=O) groups excluding carboxylic acids is 1. The maximum atomic E-state index is 11.5. The Labute approximate surface area is 97.7 Å². The molecule has 0 aliphatic rings. The van der Waals surface area contributed by atoms with Crippen LogP contribution in [-0.2, 0) is 4.79 Å². The highest BCUT2D eigenvalue weighted by Crippen LogP contribution is 2.19. The maximum Gasteiger partial charge on any atom is 0.227 e. The zero-order valence-corrected chi connectivity index (χ0v) is 10.2. The van der Waals surface area contributed by atoms with Gasteiger partial charge in [-0.2, -0.15) is 0 Å². The Hall–Kier alpha value is -1.35. The van der Waals surface area contributed by atoms with Crippen molar-refractivity contribution in [3.63, 3.8) is 0 Å². The number of aryl methyl sites for hydroxylation is 1. The summed E-state index contributed by atoms with van der Waals surface area (Å²) in [6.45, 7) is 7.00. The number of amides is 1. The Balaban J connectivity index is 2.86. The Morgan fingerprint density at radius 3 is 2.38 bits per heavy atom. The van der Waals surface area contributed by atoms with E-state index in [4.69, 9.17) is 0 Å². The first-order valence-electron chi connectivity index (χ1n) is 5.36. The molecule has 3 nitrogen and oxygen atoms in total. The molecule has 0 saturated carbocycles. The standard InChI is InChI=1S/C13H19N2O/c1-11-7-5-6-8-13(11)15(12(2)16)10-9-14(3)4/h5-8H,2,9-10H2,1,3-4H3. The van der Waals surface area contributed by atoms with Crippen LogP contribution >= 0.6 is 0 Å². The van der Waals surface area contributed by atoms with Crippen LogP contribution in [0.25, 0.3) is 0 Å². The molecule has 0 heterocycles. The zero-order valence-electron chi connectivity index (χ0n) is 10.2. The van der Waals surface area contributed by atoms with Crippen LogP contribution in [0.4, 0.5) is 5.69 Å². The third-order valence-electron chi connectivity index (χ3n) is 2.48. The highest BCUT2D eigenvalue weighted by atomic mass is 16.2. The number of carbonyl (C=O) groups is 1. The molecule has 0 N–H and O–H groups in total. The summed E-state index contributed by atoms with van der Waals surface area (Å²) in [5, 5.41) is 0. The van der Waals surface area contributed by atoms with Crippen LogP contribution in [0.3, 0.4) is 0 Å².